The van der Waals surface area contributed by atoms with E-state index in [1.165, 1.54) is 5.56 Å². The molecule has 0 aliphatic carbocycles. The van der Waals surface area contributed by atoms with Crippen molar-refractivity contribution in [3.05, 3.63) is 95.6 Å². The lowest BCUT2D eigenvalue weighted by Crippen LogP contribution is -2.20. The van der Waals surface area contributed by atoms with Gasteiger partial charge in [0.25, 0.3) is 0 Å². The summed E-state index contributed by atoms with van der Waals surface area (Å²) >= 11 is 0. The molecule has 0 unspecified atom stereocenters. The van der Waals surface area contributed by atoms with Gasteiger partial charge in [0.2, 0.25) is 0 Å². The van der Waals surface area contributed by atoms with E-state index in [0.29, 0.717) is 23.7 Å². The molecule has 0 saturated carbocycles. The van der Waals surface area contributed by atoms with Crippen molar-refractivity contribution in [3.8, 4) is 11.5 Å². The third kappa shape index (κ3) is 7.49. The topological polar surface area (TPSA) is 61.8 Å². The first-order chi connectivity index (χ1) is 15.8. The summed E-state index contributed by atoms with van der Waals surface area (Å²) in [4.78, 5) is 24.4. The second-order valence-electron chi connectivity index (χ2n) is 8.76. The van der Waals surface area contributed by atoms with Gasteiger partial charge in [0, 0.05) is 0 Å². The summed E-state index contributed by atoms with van der Waals surface area (Å²) in [6.45, 7) is 6.40. The Balaban J connectivity index is 1.44. The van der Waals surface area contributed by atoms with Gasteiger partial charge in [-0.15, -0.1) is 0 Å². The average molecular weight is 447 g/mol. The molecule has 0 heterocycles. The van der Waals surface area contributed by atoms with Gasteiger partial charge in [-0.3, -0.25) is 0 Å². The van der Waals surface area contributed by atoms with Gasteiger partial charge in [0.05, 0.1) is 12.2 Å². The number of carbonyl (C=O) groups excluding carboxylic acids is 2. The third-order valence-corrected chi connectivity index (χ3v) is 5.05. The highest BCUT2D eigenvalue weighted by atomic mass is 16.6. The lowest BCUT2D eigenvalue weighted by atomic mass is 9.86. The number of carbonyl (C=O) groups is 2. The van der Waals surface area contributed by atoms with Crippen molar-refractivity contribution in [1.82, 2.24) is 0 Å². The van der Waals surface area contributed by atoms with Crippen LogP contribution in [0.25, 0.3) is 0 Å². The molecule has 3 aromatic carbocycles. The standard InChI is InChI=1S/C28H30O5/c1-28(2,3)24-13-7-8-14-25(24)32-20-26(29)33-23-17-15-22(16-18-23)27(30)31-19-9-12-21-10-5-4-6-11-21/h4-8,10-11,13-18H,9,12,19-20H2,1-3H3. The van der Waals surface area contributed by atoms with Crippen LogP contribution in [0.3, 0.4) is 0 Å². The summed E-state index contributed by atoms with van der Waals surface area (Å²) < 4.78 is 16.4. The largest absolute Gasteiger partial charge is 0.482 e. The lowest BCUT2D eigenvalue weighted by Gasteiger charge is -2.22. The number of ether oxygens (including phenoxy) is 3. The summed E-state index contributed by atoms with van der Waals surface area (Å²) in [6.07, 6.45) is 1.61. The Morgan fingerprint density at radius 2 is 1.48 bits per heavy atom. The van der Waals surface area contributed by atoms with Gasteiger partial charge in [0.1, 0.15) is 11.5 Å². The summed E-state index contributed by atoms with van der Waals surface area (Å²) in [5, 5.41) is 0. The molecule has 0 aliphatic rings. The zero-order valence-electron chi connectivity index (χ0n) is 19.4. The minimum atomic E-state index is -0.519. The van der Waals surface area contributed by atoms with E-state index < -0.39 is 11.9 Å². The van der Waals surface area contributed by atoms with Crippen molar-refractivity contribution in [3.63, 3.8) is 0 Å². The van der Waals surface area contributed by atoms with E-state index in [1.807, 2.05) is 42.5 Å². The second kappa shape index (κ2) is 11.3. The molecule has 0 spiro atoms. The smallest absolute Gasteiger partial charge is 0.349 e. The van der Waals surface area contributed by atoms with Crippen molar-refractivity contribution < 1.29 is 23.8 Å². The predicted molar refractivity (Wildman–Crippen MR) is 128 cm³/mol. The predicted octanol–water partition coefficient (Wildman–Crippen LogP) is 5.76. The maximum absolute atomic E-state index is 12.2. The van der Waals surface area contributed by atoms with Crippen LogP contribution >= 0.6 is 0 Å². The molecule has 172 valence electrons. The molecule has 5 nitrogen and oxygen atoms in total. The number of hydrogen-bond acceptors (Lipinski definition) is 5. The monoisotopic (exact) mass is 446 g/mol. The van der Waals surface area contributed by atoms with Crippen LogP contribution in [0, 0.1) is 0 Å². The highest BCUT2D eigenvalue weighted by molar-refractivity contribution is 5.89. The number of para-hydroxylation sites is 1. The van der Waals surface area contributed by atoms with Gasteiger partial charge in [-0.05, 0) is 59.7 Å². The first-order valence-corrected chi connectivity index (χ1v) is 11.1. The Morgan fingerprint density at radius 3 is 2.18 bits per heavy atom. The van der Waals surface area contributed by atoms with Crippen LogP contribution < -0.4 is 9.47 Å². The van der Waals surface area contributed by atoms with Crippen LogP contribution in [0.15, 0.2) is 78.9 Å². The van der Waals surface area contributed by atoms with E-state index in [9.17, 15) is 9.59 Å². The molecule has 3 rings (SSSR count). The van der Waals surface area contributed by atoms with E-state index in [1.54, 1.807) is 24.3 Å². The maximum atomic E-state index is 12.2. The molecule has 0 aliphatic heterocycles. The van der Waals surface area contributed by atoms with Gasteiger partial charge in [-0.25, -0.2) is 9.59 Å². The Labute approximate surface area is 195 Å². The fourth-order valence-electron chi connectivity index (χ4n) is 3.34. The van der Waals surface area contributed by atoms with E-state index in [-0.39, 0.29) is 12.0 Å². The SMILES string of the molecule is CC(C)(C)c1ccccc1OCC(=O)Oc1ccc(C(=O)OCCCc2ccccc2)cc1. The second-order valence-corrected chi connectivity index (χ2v) is 8.76. The fourth-order valence-corrected chi connectivity index (χ4v) is 3.34. The van der Waals surface area contributed by atoms with Crippen LogP contribution in [0.2, 0.25) is 0 Å². The van der Waals surface area contributed by atoms with Crippen molar-refractivity contribution >= 4 is 11.9 Å². The molecular weight excluding hydrogens is 416 g/mol. The lowest BCUT2D eigenvalue weighted by molar-refractivity contribution is -0.136. The van der Waals surface area contributed by atoms with Gasteiger partial charge in [-0.2, -0.15) is 0 Å². The maximum Gasteiger partial charge on any atom is 0.349 e. The summed E-state index contributed by atoms with van der Waals surface area (Å²) in [6, 6.07) is 24.0. The minimum Gasteiger partial charge on any atom is -0.482 e. The first-order valence-electron chi connectivity index (χ1n) is 11.1. The van der Waals surface area contributed by atoms with Crippen LogP contribution in [0.1, 0.15) is 48.7 Å². The highest BCUT2D eigenvalue weighted by Crippen LogP contribution is 2.30. The molecule has 0 fully saturated rings. The molecule has 0 N–H and O–H groups in total. The summed E-state index contributed by atoms with van der Waals surface area (Å²) in [7, 11) is 0. The molecule has 0 radical (unpaired) electrons. The van der Waals surface area contributed by atoms with Gasteiger partial charge in [0.15, 0.2) is 6.61 Å². The minimum absolute atomic E-state index is 0.105. The Kier molecular flexibility index (Phi) is 8.25. The van der Waals surface area contributed by atoms with Gasteiger partial charge >= 0.3 is 11.9 Å². The summed E-state index contributed by atoms with van der Waals surface area (Å²) in [5.41, 5.74) is 2.53. The van der Waals surface area contributed by atoms with E-state index in [2.05, 4.69) is 32.9 Å². The van der Waals surface area contributed by atoms with Gasteiger partial charge in [-0.1, -0.05) is 69.3 Å². The Hall–Kier alpha value is -3.60. The summed E-state index contributed by atoms with van der Waals surface area (Å²) in [5.74, 6) is 0.0821. The molecule has 0 aromatic heterocycles. The number of hydrogen-bond donors (Lipinski definition) is 0. The van der Waals surface area contributed by atoms with Crippen molar-refractivity contribution in [2.75, 3.05) is 13.2 Å². The van der Waals surface area contributed by atoms with Gasteiger partial charge < -0.3 is 14.2 Å². The molecule has 3 aromatic rings. The average Bonchev–Trinajstić information content (AvgIpc) is 2.81. The molecule has 0 saturated heterocycles. The zero-order valence-corrected chi connectivity index (χ0v) is 19.4. The third-order valence-electron chi connectivity index (χ3n) is 5.05. The molecule has 0 atom stereocenters. The first kappa shape index (κ1) is 24.1. The van der Waals surface area contributed by atoms with Crippen LogP contribution in [0.4, 0.5) is 0 Å². The molecule has 0 bridgehead atoms. The number of esters is 2. The van der Waals surface area contributed by atoms with Crippen molar-refractivity contribution in [1.29, 1.82) is 0 Å². The van der Waals surface area contributed by atoms with E-state index in [4.69, 9.17) is 14.2 Å². The normalized spacial score (nSPS) is 11.0. The van der Waals surface area contributed by atoms with Crippen molar-refractivity contribution in [2.45, 2.75) is 39.0 Å². The molecule has 5 heteroatoms. The Bertz CT molecular complexity index is 1050. The van der Waals surface area contributed by atoms with Crippen LogP contribution in [-0.4, -0.2) is 25.2 Å². The molecule has 33 heavy (non-hydrogen) atoms. The molecular formula is C28H30O5. The number of aryl methyl sites for hydroxylation is 1. The zero-order chi connectivity index (χ0) is 23.7. The van der Waals surface area contributed by atoms with Crippen LogP contribution in [-0.2, 0) is 21.4 Å². The Morgan fingerprint density at radius 1 is 0.818 bits per heavy atom. The van der Waals surface area contributed by atoms with E-state index in [0.717, 1.165) is 18.4 Å². The highest BCUT2D eigenvalue weighted by Gasteiger charge is 2.19. The molecule has 0 amide bonds. The van der Waals surface area contributed by atoms with Crippen LogP contribution in [0.5, 0.6) is 11.5 Å². The van der Waals surface area contributed by atoms with Crippen molar-refractivity contribution in [2.24, 2.45) is 0 Å². The number of benzene rings is 3. The number of rotatable bonds is 9. The van der Waals surface area contributed by atoms with E-state index >= 15 is 0 Å². The fraction of sp³-hybridized carbons (Fsp3) is 0.286. The quantitative estimate of drug-likeness (QED) is 0.238.